The molecule has 5 nitrogen and oxygen atoms in total. The summed E-state index contributed by atoms with van der Waals surface area (Å²) in [7, 11) is 2.00. The molecule has 2 rings (SSSR count). The quantitative estimate of drug-likeness (QED) is 0.632. The minimum absolute atomic E-state index is 0.223. The van der Waals surface area contributed by atoms with Crippen molar-refractivity contribution >= 4 is 5.96 Å². The van der Waals surface area contributed by atoms with Gasteiger partial charge in [0.2, 0.25) is 0 Å². The molecule has 0 amide bonds. The summed E-state index contributed by atoms with van der Waals surface area (Å²) >= 11 is 0. The topological polar surface area (TPSA) is 61.0 Å². The summed E-state index contributed by atoms with van der Waals surface area (Å²) < 4.78 is 5.31. The number of hydrogen-bond donors (Lipinski definition) is 2. The van der Waals surface area contributed by atoms with Crippen LogP contribution < -0.4 is 5.32 Å². The lowest BCUT2D eigenvalue weighted by Crippen LogP contribution is -2.40. The Morgan fingerprint density at radius 3 is 2.67 bits per heavy atom. The van der Waals surface area contributed by atoms with Crippen LogP contribution in [0.4, 0.5) is 0 Å². The van der Waals surface area contributed by atoms with Crippen molar-refractivity contribution in [2.75, 3.05) is 20.1 Å². The van der Waals surface area contributed by atoms with E-state index in [2.05, 4.69) is 34.3 Å². The molecular weight excluding hydrogens is 302 g/mol. The molecule has 1 aromatic heterocycles. The van der Waals surface area contributed by atoms with Gasteiger partial charge in [0, 0.05) is 20.1 Å². The van der Waals surface area contributed by atoms with Crippen molar-refractivity contribution in [1.29, 1.82) is 0 Å². The van der Waals surface area contributed by atoms with E-state index in [1.54, 1.807) is 25.3 Å². The zero-order valence-corrected chi connectivity index (χ0v) is 14.9. The van der Waals surface area contributed by atoms with Crippen LogP contribution in [0.15, 0.2) is 52.1 Å². The smallest absolute Gasteiger partial charge is 0.194 e. The van der Waals surface area contributed by atoms with E-state index >= 15 is 0 Å². The molecule has 0 saturated carbocycles. The first-order valence-electron chi connectivity index (χ1n) is 8.24. The van der Waals surface area contributed by atoms with Crippen molar-refractivity contribution in [1.82, 2.24) is 10.2 Å². The van der Waals surface area contributed by atoms with E-state index in [1.165, 1.54) is 11.1 Å². The highest BCUT2D eigenvalue weighted by molar-refractivity contribution is 5.79. The van der Waals surface area contributed by atoms with Crippen LogP contribution >= 0.6 is 0 Å². The van der Waals surface area contributed by atoms with Crippen LogP contribution in [-0.4, -0.2) is 36.1 Å². The summed E-state index contributed by atoms with van der Waals surface area (Å²) in [6.07, 6.45) is 1.56. The van der Waals surface area contributed by atoms with Gasteiger partial charge in [0.15, 0.2) is 5.96 Å². The van der Waals surface area contributed by atoms with Crippen LogP contribution in [-0.2, 0) is 12.1 Å². The largest absolute Gasteiger partial charge is 0.466 e. The normalized spacial score (nSPS) is 14.3. The van der Waals surface area contributed by atoms with Crippen molar-refractivity contribution in [2.24, 2.45) is 4.99 Å². The lowest BCUT2D eigenvalue weighted by atomic mass is 10.0. The van der Waals surface area contributed by atoms with Gasteiger partial charge in [-0.3, -0.25) is 0 Å². The number of guanidine groups is 1. The molecule has 0 aliphatic heterocycles. The fraction of sp³-hybridized carbons (Fsp3) is 0.421. The third-order valence-corrected chi connectivity index (χ3v) is 3.95. The fourth-order valence-corrected chi connectivity index (χ4v) is 2.48. The summed E-state index contributed by atoms with van der Waals surface area (Å²) in [6.45, 7) is 7.58. The van der Waals surface area contributed by atoms with Gasteiger partial charge in [0.25, 0.3) is 0 Å². The van der Waals surface area contributed by atoms with Gasteiger partial charge in [-0.15, -0.1) is 0 Å². The summed E-state index contributed by atoms with van der Waals surface area (Å²) in [4.78, 5) is 6.65. The van der Waals surface area contributed by atoms with Crippen molar-refractivity contribution in [3.63, 3.8) is 0 Å². The Hall–Kier alpha value is -2.27. The molecule has 1 unspecified atom stereocenters. The van der Waals surface area contributed by atoms with Gasteiger partial charge >= 0.3 is 0 Å². The number of nitrogens with zero attached hydrogens (tertiary/aromatic N) is 2. The second-order valence-corrected chi connectivity index (χ2v) is 6.20. The van der Waals surface area contributed by atoms with E-state index in [0.29, 0.717) is 5.76 Å². The molecule has 0 radical (unpaired) electrons. The van der Waals surface area contributed by atoms with Crippen molar-refractivity contribution in [3.8, 4) is 0 Å². The van der Waals surface area contributed by atoms with Gasteiger partial charge in [0.1, 0.15) is 11.4 Å². The molecule has 1 aromatic carbocycles. The minimum Gasteiger partial charge on any atom is -0.466 e. The van der Waals surface area contributed by atoms with Gasteiger partial charge in [-0.1, -0.05) is 24.3 Å². The highest BCUT2D eigenvalue weighted by atomic mass is 16.4. The molecule has 2 N–H and O–H groups in total. The van der Waals surface area contributed by atoms with Gasteiger partial charge in [-0.25, -0.2) is 4.99 Å². The Balaban J connectivity index is 2.11. The number of aliphatic imine (C=N–C) groups is 1. The van der Waals surface area contributed by atoms with Gasteiger partial charge in [-0.2, -0.15) is 0 Å². The lowest BCUT2D eigenvalue weighted by Gasteiger charge is -2.25. The summed E-state index contributed by atoms with van der Waals surface area (Å²) in [5, 5.41) is 13.8. The zero-order chi connectivity index (χ0) is 17.6. The van der Waals surface area contributed by atoms with Gasteiger partial charge in [-0.05, 0) is 44.0 Å². The summed E-state index contributed by atoms with van der Waals surface area (Å²) in [5.74, 6) is 1.27. The average molecular weight is 329 g/mol. The van der Waals surface area contributed by atoms with Crippen molar-refractivity contribution in [3.05, 3.63) is 59.5 Å². The summed E-state index contributed by atoms with van der Waals surface area (Å²) in [5.41, 5.74) is 1.37. The molecule has 130 valence electrons. The second kappa shape index (κ2) is 8.02. The Bertz CT molecular complexity index is 663. The molecule has 0 aliphatic carbocycles. The van der Waals surface area contributed by atoms with E-state index in [-0.39, 0.29) is 6.54 Å². The van der Waals surface area contributed by atoms with Crippen LogP contribution in [0.1, 0.15) is 30.7 Å². The lowest BCUT2D eigenvalue weighted by molar-refractivity contribution is 0.0435. The Labute approximate surface area is 144 Å². The van der Waals surface area contributed by atoms with Gasteiger partial charge in [0.05, 0.1) is 12.8 Å². The number of rotatable bonds is 6. The first-order chi connectivity index (χ1) is 11.4. The first-order valence-corrected chi connectivity index (χ1v) is 8.24. The maximum atomic E-state index is 10.6. The molecule has 0 spiro atoms. The van der Waals surface area contributed by atoms with E-state index < -0.39 is 5.60 Å². The standard InChI is InChI=1S/C19H27N3O2/c1-5-20-18(21-14-19(3,23)17-11-8-12-24-17)22(4)13-16-10-7-6-9-15(16)2/h6-12,23H,5,13-14H2,1-4H3,(H,20,21). The van der Waals surface area contributed by atoms with Crippen molar-refractivity contribution < 1.29 is 9.52 Å². The molecule has 24 heavy (non-hydrogen) atoms. The predicted octanol–water partition coefficient (Wildman–Crippen LogP) is 2.89. The van der Waals surface area contributed by atoms with E-state index in [4.69, 9.17) is 4.42 Å². The SMILES string of the molecule is CCNC(=NCC(C)(O)c1ccco1)N(C)Cc1ccccc1C. The van der Waals surface area contributed by atoms with Crippen LogP contribution in [0.25, 0.3) is 0 Å². The molecular formula is C19H27N3O2. The molecule has 0 aliphatic rings. The highest BCUT2D eigenvalue weighted by Gasteiger charge is 2.26. The van der Waals surface area contributed by atoms with E-state index in [0.717, 1.165) is 19.0 Å². The molecule has 1 heterocycles. The molecule has 0 saturated heterocycles. The maximum absolute atomic E-state index is 10.6. The zero-order valence-electron chi connectivity index (χ0n) is 14.9. The third-order valence-electron chi connectivity index (χ3n) is 3.95. The number of hydrogen-bond acceptors (Lipinski definition) is 3. The molecule has 0 fully saturated rings. The number of aryl methyl sites for hydroxylation is 1. The molecule has 2 aromatic rings. The third kappa shape index (κ3) is 4.61. The summed E-state index contributed by atoms with van der Waals surface area (Å²) in [6, 6.07) is 11.8. The second-order valence-electron chi connectivity index (χ2n) is 6.20. The maximum Gasteiger partial charge on any atom is 0.194 e. The Morgan fingerprint density at radius 2 is 2.04 bits per heavy atom. The molecule has 0 bridgehead atoms. The average Bonchev–Trinajstić information content (AvgIpc) is 3.09. The van der Waals surface area contributed by atoms with Crippen LogP contribution in [0, 0.1) is 6.92 Å². The van der Waals surface area contributed by atoms with Crippen LogP contribution in [0.3, 0.4) is 0 Å². The molecule has 1 atom stereocenters. The van der Waals surface area contributed by atoms with Crippen molar-refractivity contribution in [2.45, 2.75) is 32.9 Å². The van der Waals surface area contributed by atoms with Crippen LogP contribution in [0.5, 0.6) is 0 Å². The molecule has 5 heteroatoms. The van der Waals surface area contributed by atoms with E-state index in [1.807, 2.05) is 26.1 Å². The van der Waals surface area contributed by atoms with E-state index in [9.17, 15) is 5.11 Å². The number of nitrogens with one attached hydrogen (secondary N) is 1. The number of furan rings is 1. The number of benzene rings is 1. The van der Waals surface area contributed by atoms with Crippen LogP contribution in [0.2, 0.25) is 0 Å². The fourth-order valence-electron chi connectivity index (χ4n) is 2.48. The Kier molecular flexibility index (Phi) is 6.04. The van der Waals surface area contributed by atoms with Gasteiger partial charge < -0.3 is 19.7 Å². The highest BCUT2D eigenvalue weighted by Crippen LogP contribution is 2.21. The first kappa shape index (κ1) is 18.1. The number of aliphatic hydroxyl groups is 1. The predicted molar refractivity (Wildman–Crippen MR) is 96.9 cm³/mol. The monoisotopic (exact) mass is 329 g/mol. The Morgan fingerprint density at radius 1 is 1.29 bits per heavy atom. The minimum atomic E-state index is -1.13.